The molecule has 0 aliphatic carbocycles. The third kappa shape index (κ3) is 2.82. The summed E-state index contributed by atoms with van der Waals surface area (Å²) in [5, 5.41) is 8.61. The van der Waals surface area contributed by atoms with Gasteiger partial charge in [0.15, 0.2) is 0 Å². The second-order valence-electron chi connectivity index (χ2n) is 2.27. The number of rotatable bonds is 1. The summed E-state index contributed by atoms with van der Waals surface area (Å²) in [6, 6.07) is 5.59. The van der Waals surface area contributed by atoms with Crippen LogP contribution in [-0.4, -0.2) is 5.51 Å². The first-order valence-electron chi connectivity index (χ1n) is 3.38. The second-order valence-corrected chi connectivity index (χ2v) is 3.79. The molecule has 0 radical (unpaired) electrons. The highest BCUT2D eigenvalue weighted by Gasteiger charge is 2.30. The molecule has 0 amide bonds. The fraction of sp³-hybridized carbons (Fsp3) is 0.125. The highest BCUT2D eigenvalue weighted by Crippen LogP contribution is 2.39. The standard InChI is InChI=1S/C8H3ClF3NS/c9-6-2-1-3-7(5(6)4-13)14-8(10,11)12/h1-3H. The molecule has 0 spiro atoms. The minimum absolute atomic E-state index is 0.0294. The van der Waals surface area contributed by atoms with Gasteiger partial charge in [0, 0.05) is 4.90 Å². The molecule has 0 N–H and O–H groups in total. The molecule has 0 saturated carbocycles. The quantitative estimate of drug-likeness (QED) is 0.694. The molecular weight excluding hydrogens is 235 g/mol. The van der Waals surface area contributed by atoms with Gasteiger partial charge < -0.3 is 0 Å². The van der Waals surface area contributed by atoms with E-state index in [2.05, 4.69) is 0 Å². The van der Waals surface area contributed by atoms with Crippen LogP contribution in [0.4, 0.5) is 13.2 Å². The summed E-state index contributed by atoms with van der Waals surface area (Å²) in [5.74, 6) is 0. The molecule has 0 aliphatic heterocycles. The van der Waals surface area contributed by atoms with Gasteiger partial charge in [0.25, 0.3) is 0 Å². The maximum absolute atomic E-state index is 12.0. The summed E-state index contributed by atoms with van der Waals surface area (Å²) in [5.41, 5.74) is -4.55. The van der Waals surface area contributed by atoms with E-state index in [0.29, 0.717) is 0 Å². The average Bonchev–Trinajstić information content (AvgIpc) is 2.01. The zero-order chi connectivity index (χ0) is 10.8. The molecule has 0 bridgehead atoms. The number of halogens is 4. The third-order valence-corrected chi connectivity index (χ3v) is 2.42. The summed E-state index contributed by atoms with van der Waals surface area (Å²) in [6.45, 7) is 0. The summed E-state index contributed by atoms with van der Waals surface area (Å²) in [4.78, 5) is -0.174. The number of nitriles is 1. The number of alkyl halides is 3. The Kier molecular flexibility index (Phi) is 3.29. The normalized spacial score (nSPS) is 11.1. The van der Waals surface area contributed by atoms with E-state index in [1.165, 1.54) is 18.2 Å². The van der Waals surface area contributed by atoms with Crippen molar-refractivity contribution in [2.75, 3.05) is 0 Å². The molecular formula is C8H3ClF3NS. The van der Waals surface area contributed by atoms with Gasteiger partial charge in [-0.3, -0.25) is 0 Å². The smallest absolute Gasteiger partial charge is 0.192 e. The summed E-state index contributed by atoms with van der Waals surface area (Å²) < 4.78 is 36.0. The topological polar surface area (TPSA) is 23.8 Å². The Hall–Kier alpha value is -0.860. The number of hydrogen-bond donors (Lipinski definition) is 0. The van der Waals surface area contributed by atoms with Gasteiger partial charge in [-0.05, 0) is 23.9 Å². The Balaban J connectivity index is 3.10. The van der Waals surface area contributed by atoms with Gasteiger partial charge in [0.05, 0.1) is 10.6 Å². The van der Waals surface area contributed by atoms with Gasteiger partial charge in [-0.15, -0.1) is 0 Å². The minimum atomic E-state index is -4.41. The minimum Gasteiger partial charge on any atom is -0.192 e. The van der Waals surface area contributed by atoms with E-state index in [1.807, 2.05) is 0 Å². The van der Waals surface area contributed by atoms with Crippen LogP contribution in [0.2, 0.25) is 5.02 Å². The van der Waals surface area contributed by atoms with Gasteiger partial charge in [0.1, 0.15) is 6.07 Å². The van der Waals surface area contributed by atoms with Crippen LogP contribution in [0.5, 0.6) is 0 Å². The van der Waals surface area contributed by atoms with Crippen molar-refractivity contribution in [3.05, 3.63) is 28.8 Å². The first-order chi connectivity index (χ1) is 6.44. The van der Waals surface area contributed by atoms with Crippen molar-refractivity contribution in [1.82, 2.24) is 0 Å². The summed E-state index contributed by atoms with van der Waals surface area (Å²) >= 11 is 5.21. The van der Waals surface area contributed by atoms with E-state index in [0.717, 1.165) is 0 Å². The van der Waals surface area contributed by atoms with Crippen LogP contribution >= 0.6 is 23.4 Å². The third-order valence-electron chi connectivity index (χ3n) is 1.31. The van der Waals surface area contributed by atoms with Crippen molar-refractivity contribution in [3.8, 4) is 6.07 Å². The Morgan fingerprint density at radius 1 is 1.36 bits per heavy atom. The van der Waals surface area contributed by atoms with E-state index in [4.69, 9.17) is 16.9 Å². The van der Waals surface area contributed by atoms with E-state index < -0.39 is 5.51 Å². The first kappa shape index (κ1) is 11.2. The van der Waals surface area contributed by atoms with Gasteiger partial charge in [-0.1, -0.05) is 17.7 Å². The van der Waals surface area contributed by atoms with Crippen LogP contribution in [0.3, 0.4) is 0 Å². The van der Waals surface area contributed by atoms with E-state index in [-0.39, 0.29) is 27.2 Å². The van der Waals surface area contributed by atoms with Crippen molar-refractivity contribution in [2.24, 2.45) is 0 Å². The molecule has 0 fully saturated rings. The van der Waals surface area contributed by atoms with E-state index >= 15 is 0 Å². The molecule has 0 heterocycles. The first-order valence-corrected chi connectivity index (χ1v) is 4.58. The Labute approximate surface area is 87.5 Å². The summed E-state index contributed by atoms with van der Waals surface area (Å²) in [7, 11) is 0. The average molecular weight is 238 g/mol. The lowest BCUT2D eigenvalue weighted by Crippen LogP contribution is -2.00. The number of hydrogen-bond acceptors (Lipinski definition) is 2. The maximum atomic E-state index is 12.0. The lowest BCUT2D eigenvalue weighted by molar-refractivity contribution is -0.0328. The molecule has 0 saturated heterocycles. The fourth-order valence-electron chi connectivity index (χ4n) is 0.823. The molecule has 74 valence electrons. The molecule has 6 heteroatoms. The molecule has 0 unspecified atom stereocenters. The fourth-order valence-corrected chi connectivity index (χ4v) is 1.75. The number of benzene rings is 1. The Morgan fingerprint density at radius 2 is 2.00 bits per heavy atom. The molecule has 1 aromatic carbocycles. The molecule has 0 aliphatic rings. The molecule has 0 aromatic heterocycles. The second kappa shape index (κ2) is 4.11. The molecule has 0 atom stereocenters. The highest BCUT2D eigenvalue weighted by atomic mass is 35.5. The van der Waals surface area contributed by atoms with Crippen LogP contribution in [0.25, 0.3) is 0 Å². The number of nitrogens with zero attached hydrogens (tertiary/aromatic N) is 1. The van der Waals surface area contributed by atoms with Crippen LogP contribution in [0.1, 0.15) is 5.56 Å². The van der Waals surface area contributed by atoms with E-state index in [1.54, 1.807) is 6.07 Å². The predicted octanol–water partition coefficient (Wildman–Crippen LogP) is 3.82. The Bertz CT molecular complexity index is 383. The van der Waals surface area contributed by atoms with Crippen molar-refractivity contribution in [2.45, 2.75) is 10.4 Å². The number of thioether (sulfide) groups is 1. The molecule has 1 rings (SSSR count). The van der Waals surface area contributed by atoms with Crippen molar-refractivity contribution in [1.29, 1.82) is 5.26 Å². The molecule has 1 aromatic rings. The predicted molar refractivity (Wildman–Crippen MR) is 48.1 cm³/mol. The van der Waals surface area contributed by atoms with Crippen molar-refractivity contribution in [3.63, 3.8) is 0 Å². The van der Waals surface area contributed by atoms with Crippen LogP contribution in [0.15, 0.2) is 23.1 Å². The van der Waals surface area contributed by atoms with Crippen molar-refractivity contribution < 1.29 is 13.2 Å². The van der Waals surface area contributed by atoms with E-state index in [9.17, 15) is 13.2 Å². The zero-order valence-electron chi connectivity index (χ0n) is 6.60. The van der Waals surface area contributed by atoms with Gasteiger partial charge in [-0.25, -0.2) is 0 Å². The van der Waals surface area contributed by atoms with Gasteiger partial charge in [-0.2, -0.15) is 18.4 Å². The largest absolute Gasteiger partial charge is 0.446 e. The van der Waals surface area contributed by atoms with Gasteiger partial charge in [0.2, 0.25) is 0 Å². The van der Waals surface area contributed by atoms with Crippen LogP contribution in [0, 0.1) is 11.3 Å². The van der Waals surface area contributed by atoms with Crippen LogP contribution in [-0.2, 0) is 0 Å². The Morgan fingerprint density at radius 3 is 2.50 bits per heavy atom. The molecule has 1 nitrogen and oxygen atoms in total. The highest BCUT2D eigenvalue weighted by molar-refractivity contribution is 8.00. The summed E-state index contributed by atoms with van der Waals surface area (Å²) in [6.07, 6.45) is 0. The monoisotopic (exact) mass is 237 g/mol. The lowest BCUT2D eigenvalue weighted by atomic mass is 10.2. The van der Waals surface area contributed by atoms with Gasteiger partial charge >= 0.3 is 5.51 Å². The van der Waals surface area contributed by atoms with Crippen LogP contribution < -0.4 is 0 Å². The lowest BCUT2D eigenvalue weighted by Gasteiger charge is -2.07. The van der Waals surface area contributed by atoms with Crippen molar-refractivity contribution >= 4 is 23.4 Å². The maximum Gasteiger partial charge on any atom is 0.446 e. The SMILES string of the molecule is N#Cc1c(Cl)cccc1SC(F)(F)F. The zero-order valence-corrected chi connectivity index (χ0v) is 8.17. The molecule has 14 heavy (non-hydrogen) atoms.